The van der Waals surface area contributed by atoms with Crippen LogP contribution < -0.4 is 19.5 Å². The Balaban J connectivity index is 1.59. The van der Waals surface area contributed by atoms with Crippen LogP contribution in [0.15, 0.2) is 71.6 Å². The number of hydrogen-bond acceptors (Lipinski definition) is 5. The molecule has 33 heavy (non-hydrogen) atoms. The van der Waals surface area contributed by atoms with Crippen molar-refractivity contribution < 1.29 is 27.1 Å². The molecule has 7 nitrogen and oxygen atoms in total. The van der Waals surface area contributed by atoms with Gasteiger partial charge in [-0.1, -0.05) is 23.7 Å². The van der Waals surface area contributed by atoms with Crippen LogP contribution in [0, 0.1) is 5.82 Å². The number of anilines is 1. The molecule has 0 saturated heterocycles. The standard InChI is InChI=1S/C23H22ClFN2O5S/c1-31-18-10-8-17(9-11-18)27-33(29,30)22-15-16(7-12-19(22)24)23(28)26-13-4-14-32-21-6-3-2-5-20(21)25/h2-3,5-12,15,27H,4,13-14H2,1H3,(H,26,28). The molecule has 0 aliphatic heterocycles. The molecule has 0 unspecified atom stereocenters. The zero-order chi connectivity index (χ0) is 23.8. The summed E-state index contributed by atoms with van der Waals surface area (Å²) in [4.78, 5) is 12.2. The predicted molar refractivity (Wildman–Crippen MR) is 124 cm³/mol. The smallest absolute Gasteiger partial charge is 0.263 e. The molecule has 0 spiro atoms. The molecule has 1 amide bonds. The average molecular weight is 493 g/mol. The van der Waals surface area contributed by atoms with E-state index in [4.69, 9.17) is 21.1 Å². The molecule has 0 aliphatic rings. The third-order valence-electron chi connectivity index (χ3n) is 4.53. The summed E-state index contributed by atoms with van der Waals surface area (Å²) in [5.74, 6) is -0.215. The third kappa shape index (κ3) is 6.59. The van der Waals surface area contributed by atoms with E-state index in [0.29, 0.717) is 17.9 Å². The van der Waals surface area contributed by atoms with Crippen LogP contribution >= 0.6 is 11.6 Å². The minimum atomic E-state index is -4.04. The molecule has 0 radical (unpaired) electrons. The lowest BCUT2D eigenvalue weighted by atomic mass is 10.2. The molecule has 3 aromatic rings. The van der Waals surface area contributed by atoms with Gasteiger partial charge in [-0.05, 0) is 61.0 Å². The second-order valence-electron chi connectivity index (χ2n) is 6.87. The summed E-state index contributed by atoms with van der Waals surface area (Å²) in [7, 11) is -2.54. The summed E-state index contributed by atoms with van der Waals surface area (Å²) >= 11 is 6.10. The number of carbonyl (C=O) groups excluding carboxylic acids is 1. The van der Waals surface area contributed by atoms with Gasteiger partial charge in [-0.25, -0.2) is 12.8 Å². The fraction of sp³-hybridized carbons (Fsp3) is 0.174. The van der Waals surface area contributed by atoms with E-state index in [-0.39, 0.29) is 34.4 Å². The molecule has 3 rings (SSSR count). The molecule has 174 valence electrons. The highest BCUT2D eigenvalue weighted by molar-refractivity contribution is 7.92. The number of benzene rings is 3. The Morgan fingerprint density at radius 1 is 1.06 bits per heavy atom. The van der Waals surface area contributed by atoms with Gasteiger partial charge in [0.05, 0.1) is 18.7 Å². The molecule has 10 heteroatoms. The van der Waals surface area contributed by atoms with Crippen molar-refractivity contribution in [1.29, 1.82) is 0 Å². The zero-order valence-corrected chi connectivity index (χ0v) is 19.3. The first-order valence-corrected chi connectivity index (χ1v) is 11.8. The Morgan fingerprint density at radius 2 is 1.79 bits per heavy atom. The first kappa shape index (κ1) is 24.3. The number of hydrogen-bond donors (Lipinski definition) is 2. The van der Waals surface area contributed by atoms with Crippen molar-refractivity contribution in [2.75, 3.05) is 25.0 Å². The lowest BCUT2D eigenvalue weighted by Crippen LogP contribution is -2.26. The van der Waals surface area contributed by atoms with E-state index < -0.39 is 21.7 Å². The summed E-state index contributed by atoms with van der Waals surface area (Å²) in [6.45, 7) is 0.454. The molecule has 0 fully saturated rings. The van der Waals surface area contributed by atoms with E-state index in [1.807, 2.05) is 0 Å². The fourth-order valence-electron chi connectivity index (χ4n) is 2.84. The minimum Gasteiger partial charge on any atom is -0.497 e. The van der Waals surface area contributed by atoms with E-state index in [2.05, 4.69) is 10.0 Å². The van der Waals surface area contributed by atoms with Gasteiger partial charge in [0.1, 0.15) is 10.6 Å². The summed E-state index contributed by atoms with van der Waals surface area (Å²) in [6, 6.07) is 16.3. The number of ether oxygens (including phenoxy) is 2. The second kappa shape index (κ2) is 11.0. The number of rotatable bonds is 10. The normalized spacial score (nSPS) is 11.0. The van der Waals surface area contributed by atoms with Crippen LogP contribution in [0.25, 0.3) is 0 Å². The number of sulfonamides is 1. The highest BCUT2D eigenvalue weighted by Crippen LogP contribution is 2.26. The van der Waals surface area contributed by atoms with Crippen molar-refractivity contribution in [2.24, 2.45) is 0 Å². The van der Waals surface area contributed by atoms with Crippen LogP contribution in [0.1, 0.15) is 16.8 Å². The number of carbonyl (C=O) groups is 1. The Labute approximate surface area is 196 Å². The monoisotopic (exact) mass is 492 g/mol. The lowest BCUT2D eigenvalue weighted by Gasteiger charge is -2.12. The van der Waals surface area contributed by atoms with Gasteiger partial charge >= 0.3 is 0 Å². The van der Waals surface area contributed by atoms with Gasteiger partial charge in [0.15, 0.2) is 11.6 Å². The molecular weight excluding hydrogens is 471 g/mol. The number of para-hydroxylation sites is 1. The van der Waals surface area contributed by atoms with E-state index in [1.54, 1.807) is 36.4 Å². The van der Waals surface area contributed by atoms with Crippen LogP contribution in [0.3, 0.4) is 0 Å². The van der Waals surface area contributed by atoms with Crippen molar-refractivity contribution in [3.05, 3.63) is 83.1 Å². The average Bonchev–Trinajstić information content (AvgIpc) is 2.80. The maximum absolute atomic E-state index is 13.5. The van der Waals surface area contributed by atoms with Gasteiger partial charge in [-0.15, -0.1) is 0 Å². The Hall–Kier alpha value is -3.30. The van der Waals surface area contributed by atoms with E-state index in [0.717, 1.165) is 0 Å². The van der Waals surface area contributed by atoms with Crippen molar-refractivity contribution >= 4 is 33.2 Å². The lowest BCUT2D eigenvalue weighted by molar-refractivity contribution is 0.0951. The zero-order valence-electron chi connectivity index (χ0n) is 17.7. The second-order valence-corrected chi connectivity index (χ2v) is 8.93. The number of nitrogens with one attached hydrogen (secondary N) is 2. The van der Waals surface area contributed by atoms with Gasteiger partial charge < -0.3 is 14.8 Å². The minimum absolute atomic E-state index is 0.0224. The molecular formula is C23H22ClFN2O5S. The molecule has 0 aromatic heterocycles. The highest BCUT2D eigenvalue weighted by Gasteiger charge is 2.20. The van der Waals surface area contributed by atoms with Crippen LogP contribution in [0.5, 0.6) is 11.5 Å². The fourth-order valence-corrected chi connectivity index (χ4v) is 4.43. The maximum Gasteiger partial charge on any atom is 0.263 e. The SMILES string of the molecule is COc1ccc(NS(=O)(=O)c2cc(C(=O)NCCCOc3ccccc3F)ccc2Cl)cc1. The molecule has 2 N–H and O–H groups in total. The summed E-state index contributed by atoms with van der Waals surface area (Å²) in [6.07, 6.45) is 0.428. The molecule has 0 atom stereocenters. The Kier molecular flexibility index (Phi) is 8.13. The largest absolute Gasteiger partial charge is 0.497 e. The maximum atomic E-state index is 13.5. The number of amides is 1. The highest BCUT2D eigenvalue weighted by atomic mass is 35.5. The van der Waals surface area contributed by atoms with Crippen molar-refractivity contribution in [3.63, 3.8) is 0 Å². The molecule has 0 bridgehead atoms. The van der Waals surface area contributed by atoms with E-state index in [9.17, 15) is 17.6 Å². The predicted octanol–water partition coefficient (Wildman–Crippen LogP) is 4.49. The van der Waals surface area contributed by atoms with Crippen LogP contribution in [-0.2, 0) is 10.0 Å². The molecule has 0 heterocycles. The van der Waals surface area contributed by atoms with Gasteiger partial charge in [0, 0.05) is 17.8 Å². The van der Waals surface area contributed by atoms with Crippen LogP contribution in [0.2, 0.25) is 5.02 Å². The van der Waals surface area contributed by atoms with Crippen LogP contribution in [-0.4, -0.2) is 34.6 Å². The Bertz CT molecular complexity index is 1220. The summed E-state index contributed by atoms with van der Waals surface area (Å²) < 4.78 is 52.0. The summed E-state index contributed by atoms with van der Waals surface area (Å²) in [5.41, 5.74) is 0.445. The molecule has 0 aliphatic carbocycles. The number of halogens is 2. The third-order valence-corrected chi connectivity index (χ3v) is 6.39. The van der Waals surface area contributed by atoms with Crippen molar-refractivity contribution in [1.82, 2.24) is 5.32 Å². The quantitative estimate of drug-likeness (QED) is 0.407. The first-order chi connectivity index (χ1) is 15.8. The van der Waals surface area contributed by atoms with Gasteiger partial charge in [0.25, 0.3) is 15.9 Å². The van der Waals surface area contributed by atoms with Crippen LogP contribution in [0.4, 0.5) is 10.1 Å². The molecule has 0 saturated carbocycles. The van der Waals surface area contributed by atoms with Gasteiger partial charge in [-0.2, -0.15) is 0 Å². The first-order valence-electron chi connectivity index (χ1n) is 9.92. The number of methoxy groups -OCH3 is 1. The van der Waals surface area contributed by atoms with Gasteiger partial charge in [0.2, 0.25) is 0 Å². The van der Waals surface area contributed by atoms with E-state index >= 15 is 0 Å². The van der Waals surface area contributed by atoms with Crippen molar-refractivity contribution in [3.8, 4) is 11.5 Å². The topological polar surface area (TPSA) is 93.7 Å². The summed E-state index contributed by atoms with van der Waals surface area (Å²) in [5, 5.41) is 2.65. The Morgan fingerprint density at radius 3 is 2.48 bits per heavy atom. The van der Waals surface area contributed by atoms with E-state index in [1.165, 1.54) is 37.4 Å². The van der Waals surface area contributed by atoms with Gasteiger partial charge in [-0.3, -0.25) is 9.52 Å². The van der Waals surface area contributed by atoms with Crippen molar-refractivity contribution in [2.45, 2.75) is 11.3 Å². The molecule has 3 aromatic carbocycles.